The lowest BCUT2D eigenvalue weighted by atomic mass is 10.2. The van der Waals surface area contributed by atoms with Gasteiger partial charge in [-0.05, 0) is 25.1 Å². The summed E-state index contributed by atoms with van der Waals surface area (Å²) in [6.45, 7) is 2.59. The smallest absolute Gasteiger partial charge is 0.268 e. The van der Waals surface area contributed by atoms with Crippen molar-refractivity contribution in [1.29, 1.82) is 0 Å². The quantitative estimate of drug-likeness (QED) is 0.604. The number of carbonyl (C=O) groups excluding carboxylic acids is 1. The van der Waals surface area contributed by atoms with E-state index in [0.717, 1.165) is 5.69 Å². The van der Waals surface area contributed by atoms with Crippen molar-refractivity contribution in [3.05, 3.63) is 65.3 Å². The Balaban J connectivity index is 1.57. The Morgan fingerprint density at radius 2 is 2.09 bits per heavy atom. The van der Waals surface area contributed by atoms with Crippen molar-refractivity contribution in [3.63, 3.8) is 0 Å². The second-order valence-corrected chi connectivity index (χ2v) is 9.46. The number of aromatic nitrogens is 3. The fraction of sp³-hybridized carbons (Fsp3) is 0.333. The van der Waals surface area contributed by atoms with Crippen LogP contribution >= 0.6 is 0 Å². The maximum Gasteiger partial charge on any atom is 0.268 e. The Morgan fingerprint density at radius 3 is 2.84 bits per heavy atom. The number of halogens is 1. The average Bonchev–Trinajstić information content (AvgIpc) is 3.37. The van der Waals surface area contributed by atoms with E-state index in [4.69, 9.17) is 4.74 Å². The molecule has 1 aromatic carbocycles. The van der Waals surface area contributed by atoms with E-state index >= 15 is 0 Å². The molecular weight excluding hydrogens is 437 g/mol. The number of carbonyl (C=O) groups is 1. The summed E-state index contributed by atoms with van der Waals surface area (Å²) in [5.41, 5.74) is 1.63. The Morgan fingerprint density at radius 1 is 1.31 bits per heavy atom. The average molecular weight is 462 g/mol. The van der Waals surface area contributed by atoms with Crippen molar-refractivity contribution in [1.82, 2.24) is 23.7 Å². The lowest BCUT2D eigenvalue weighted by Gasteiger charge is -2.27. The highest BCUT2D eigenvalue weighted by Crippen LogP contribution is 2.27. The zero-order valence-electron chi connectivity index (χ0n) is 18.0. The second-order valence-electron chi connectivity index (χ2n) is 7.56. The van der Waals surface area contributed by atoms with Gasteiger partial charge in [-0.1, -0.05) is 6.07 Å². The molecular formula is C21H24FN5O4S. The fourth-order valence-corrected chi connectivity index (χ4v) is 5.49. The van der Waals surface area contributed by atoms with Crippen molar-refractivity contribution in [2.45, 2.75) is 31.5 Å². The Bertz CT molecular complexity index is 1280. The van der Waals surface area contributed by atoms with Crippen molar-refractivity contribution >= 4 is 15.9 Å². The van der Waals surface area contributed by atoms with E-state index < -0.39 is 21.7 Å². The van der Waals surface area contributed by atoms with Gasteiger partial charge < -0.3 is 19.2 Å². The normalized spacial score (nSPS) is 14.2. The topological polar surface area (TPSA) is 98.5 Å². The van der Waals surface area contributed by atoms with Gasteiger partial charge in [0.2, 0.25) is 10.0 Å². The van der Waals surface area contributed by atoms with Crippen molar-refractivity contribution in [3.8, 4) is 5.75 Å². The molecule has 0 atom stereocenters. The molecule has 1 N–H and O–H groups in total. The van der Waals surface area contributed by atoms with Crippen LogP contribution in [0.4, 0.5) is 4.39 Å². The molecule has 9 nitrogen and oxygen atoms in total. The number of imidazole rings is 1. The third kappa shape index (κ3) is 3.78. The van der Waals surface area contributed by atoms with Crippen molar-refractivity contribution in [2.24, 2.45) is 7.05 Å². The van der Waals surface area contributed by atoms with Gasteiger partial charge >= 0.3 is 0 Å². The van der Waals surface area contributed by atoms with Crippen LogP contribution < -0.4 is 10.1 Å². The van der Waals surface area contributed by atoms with Gasteiger partial charge in [-0.3, -0.25) is 4.79 Å². The van der Waals surface area contributed by atoms with Crippen LogP contribution in [0.5, 0.6) is 5.75 Å². The molecule has 4 rings (SSSR count). The highest BCUT2D eigenvalue weighted by molar-refractivity contribution is 7.89. The van der Waals surface area contributed by atoms with Gasteiger partial charge in [0, 0.05) is 44.1 Å². The fourth-order valence-electron chi connectivity index (χ4n) is 3.82. The summed E-state index contributed by atoms with van der Waals surface area (Å²) in [4.78, 5) is 17.0. The predicted molar refractivity (Wildman–Crippen MR) is 114 cm³/mol. The molecule has 3 aromatic rings. The van der Waals surface area contributed by atoms with Gasteiger partial charge in [0.1, 0.15) is 22.2 Å². The lowest BCUT2D eigenvalue weighted by molar-refractivity contribution is 0.0942. The maximum absolute atomic E-state index is 14.2. The number of ether oxygens (including phenoxy) is 1. The number of benzene rings is 1. The molecule has 1 amide bonds. The summed E-state index contributed by atoms with van der Waals surface area (Å²) < 4.78 is 50.8. The number of rotatable bonds is 6. The Kier molecular flexibility index (Phi) is 5.78. The highest BCUT2D eigenvalue weighted by Gasteiger charge is 2.32. The van der Waals surface area contributed by atoms with Crippen LogP contribution in [0.1, 0.15) is 27.4 Å². The largest absolute Gasteiger partial charge is 0.496 e. The minimum Gasteiger partial charge on any atom is -0.496 e. The third-order valence-electron chi connectivity index (χ3n) is 5.79. The summed E-state index contributed by atoms with van der Waals surface area (Å²) >= 11 is 0. The molecule has 32 heavy (non-hydrogen) atoms. The van der Waals surface area contributed by atoms with Gasteiger partial charge in [-0.25, -0.2) is 17.8 Å². The van der Waals surface area contributed by atoms with E-state index in [1.165, 1.54) is 34.2 Å². The zero-order valence-corrected chi connectivity index (χ0v) is 18.8. The number of fused-ring (bicyclic) bond motifs is 1. The van der Waals surface area contributed by atoms with Gasteiger partial charge in [-0.15, -0.1) is 0 Å². The number of methoxy groups -OCH3 is 1. The van der Waals surface area contributed by atoms with E-state index in [1.54, 1.807) is 32.6 Å². The summed E-state index contributed by atoms with van der Waals surface area (Å²) in [6.07, 6.45) is 3.33. The number of sulfonamides is 1. The first-order valence-corrected chi connectivity index (χ1v) is 11.4. The number of nitrogens with zero attached hydrogens (tertiary/aromatic N) is 4. The van der Waals surface area contributed by atoms with Crippen LogP contribution in [0.2, 0.25) is 0 Å². The lowest BCUT2D eigenvalue weighted by Crippen LogP contribution is -2.38. The number of amides is 1. The molecule has 1 aliphatic heterocycles. The number of hydrogen-bond donors (Lipinski definition) is 1. The molecule has 0 aliphatic carbocycles. The summed E-state index contributed by atoms with van der Waals surface area (Å²) in [6, 6.07) is 5.77. The molecule has 170 valence electrons. The SMILES string of the molecule is COc1cccc(F)c1CNC(=O)c1cc(S(=O)(=O)N2CCn3cncc3C2)c(C)n1C. The first-order chi connectivity index (χ1) is 15.2. The van der Waals surface area contributed by atoms with E-state index in [0.29, 0.717) is 24.5 Å². The standard InChI is InChI=1S/C21H24FN5O4S/c1-14-20(32(29,30)27-8-7-26-13-23-10-15(26)12-27)9-18(25(14)2)21(28)24-11-16-17(22)5-4-6-19(16)31-3/h4-6,9-10,13H,7-8,11-12H2,1-3H3,(H,24,28). The molecule has 0 radical (unpaired) electrons. The molecule has 0 saturated heterocycles. The van der Waals surface area contributed by atoms with Crippen LogP contribution in [0, 0.1) is 12.7 Å². The van der Waals surface area contributed by atoms with Gasteiger partial charge in [0.15, 0.2) is 0 Å². The molecule has 0 bridgehead atoms. The van der Waals surface area contributed by atoms with Crippen LogP contribution in [0.3, 0.4) is 0 Å². The van der Waals surface area contributed by atoms with Gasteiger partial charge in [0.05, 0.1) is 25.7 Å². The molecule has 0 fully saturated rings. The van der Waals surface area contributed by atoms with Gasteiger partial charge in [0.25, 0.3) is 5.91 Å². The van der Waals surface area contributed by atoms with Crippen molar-refractivity contribution in [2.75, 3.05) is 13.7 Å². The summed E-state index contributed by atoms with van der Waals surface area (Å²) in [5, 5.41) is 2.65. The molecule has 0 saturated carbocycles. The third-order valence-corrected chi connectivity index (χ3v) is 7.75. The number of hydrogen-bond acceptors (Lipinski definition) is 5. The van der Waals surface area contributed by atoms with Gasteiger partial charge in [-0.2, -0.15) is 4.31 Å². The minimum absolute atomic E-state index is 0.0709. The summed E-state index contributed by atoms with van der Waals surface area (Å²) in [5.74, 6) is -0.694. The predicted octanol–water partition coefficient (Wildman–Crippen LogP) is 1.81. The monoisotopic (exact) mass is 461 g/mol. The van der Waals surface area contributed by atoms with Crippen LogP contribution in [0.25, 0.3) is 0 Å². The highest BCUT2D eigenvalue weighted by atomic mass is 32.2. The van der Waals surface area contributed by atoms with Crippen LogP contribution in [-0.2, 0) is 36.7 Å². The van der Waals surface area contributed by atoms with E-state index in [-0.39, 0.29) is 29.2 Å². The van der Waals surface area contributed by atoms with E-state index in [1.807, 2.05) is 4.57 Å². The first-order valence-electron chi connectivity index (χ1n) is 9.99. The van der Waals surface area contributed by atoms with Crippen LogP contribution in [-0.4, -0.2) is 46.4 Å². The molecule has 0 spiro atoms. The minimum atomic E-state index is -3.82. The van der Waals surface area contributed by atoms with Crippen LogP contribution in [0.15, 0.2) is 41.7 Å². The Labute approximate surface area is 185 Å². The maximum atomic E-state index is 14.2. The number of nitrogens with one attached hydrogen (secondary N) is 1. The molecule has 11 heteroatoms. The Hall–Kier alpha value is -3.18. The summed E-state index contributed by atoms with van der Waals surface area (Å²) in [7, 11) is -0.776. The molecule has 2 aromatic heterocycles. The molecule has 0 unspecified atom stereocenters. The second kappa shape index (κ2) is 8.40. The zero-order chi connectivity index (χ0) is 23.0. The molecule has 3 heterocycles. The van der Waals surface area contributed by atoms with Crippen molar-refractivity contribution < 1.29 is 22.3 Å². The van der Waals surface area contributed by atoms with E-state index in [2.05, 4.69) is 10.3 Å². The van der Waals surface area contributed by atoms with E-state index in [9.17, 15) is 17.6 Å². The molecule has 1 aliphatic rings. The first kappa shape index (κ1) is 22.0.